The molecule has 0 unspecified atom stereocenters. The van der Waals surface area contributed by atoms with Crippen molar-refractivity contribution in [2.75, 3.05) is 0 Å². The van der Waals surface area contributed by atoms with E-state index < -0.39 is 12.1 Å². The molecule has 0 aliphatic rings. The Morgan fingerprint density at radius 3 is 1.70 bits per heavy atom. The molecule has 0 spiro atoms. The Morgan fingerprint density at radius 2 is 0.930 bits per heavy atom. The average Bonchev–Trinajstić information content (AvgIpc) is 4.00. The molecule has 0 N–H and O–H groups in total. The summed E-state index contributed by atoms with van der Waals surface area (Å²) in [5.41, 5.74) is 8.94. The highest BCUT2D eigenvalue weighted by Gasteiger charge is 2.18. The molecular formula is C54H34N2S. The van der Waals surface area contributed by atoms with Crippen molar-refractivity contribution in [3.63, 3.8) is 0 Å². The molecule has 0 atom stereocenters. The molecule has 266 valence electrons. The molecule has 0 amide bonds. The smallest absolute Gasteiger partial charge is 0.0645 e. The first-order valence-electron chi connectivity index (χ1n) is 22.4. The number of hydrogen-bond donors (Lipinski definition) is 0. The Morgan fingerprint density at radius 1 is 0.333 bits per heavy atom. The van der Waals surface area contributed by atoms with Gasteiger partial charge in [-0.3, -0.25) is 0 Å². The molecule has 0 radical (unpaired) electrons. The Hall–Kier alpha value is -7.20. The minimum absolute atomic E-state index is 0.0736. The third kappa shape index (κ3) is 5.10. The topological polar surface area (TPSA) is 9.86 Å². The molecule has 2 nitrogen and oxygen atoms in total. The van der Waals surface area contributed by atoms with E-state index in [1.807, 2.05) is 84.9 Å². The van der Waals surface area contributed by atoms with Gasteiger partial charge in [0, 0.05) is 53.1 Å². The van der Waals surface area contributed by atoms with Crippen LogP contribution in [0.15, 0.2) is 206 Å². The standard InChI is InChI=1S/C54H34N2S/c1-3-12-35(13-4-1)37-16-11-17-41(30-37)55-51-26-22-38(36-14-5-2-6-15-36)31-46(51)47-33-40(24-28-52(47)55)39-23-27-50-45(32-39)43-18-7-9-20-49(43)56(50)42-25-29-54-48(34-42)44-19-8-10-21-53(44)57-54/h1-34H/i7D,9D,18D,20D,23D,27D,32D. The average molecular weight is 750 g/mol. The highest BCUT2D eigenvalue weighted by atomic mass is 32.1. The maximum atomic E-state index is 9.97. The van der Waals surface area contributed by atoms with Crippen LogP contribution < -0.4 is 0 Å². The largest absolute Gasteiger partial charge is 0.309 e. The van der Waals surface area contributed by atoms with Crippen molar-refractivity contribution in [3.8, 4) is 44.8 Å². The molecule has 3 heteroatoms. The zero-order valence-electron chi connectivity index (χ0n) is 37.4. The van der Waals surface area contributed by atoms with Crippen LogP contribution in [-0.2, 0) is 0 Å². The molecule has 0 fully saturated rings. The molecule has 0 aliphatic carbocycles. The van der Waals surface area contributed by atoms with E-state index >= 15 is 0 Å². The number of thiophene rings is 1. The van der Waals surface area contributed by atoms with Crippen LogP contribution in [0.1, 0.15) is 9.60 Å². The van der Waals surface area contributed by atoms with Crippen molar-refractivity contribution < 1.29 is 9.60 Å². The molecule has 0 saturated carbocycles. The van der Waals surface area contributed by atoms with E-state index in [0.29, 0.717) is 11.3 Å². The maximum Gasteiger partial charge on any atom is 0.0645 e. The summed E-state index contributed by atoms with van der Waals surface area (Å²) in [5.74, 6) is 0. The van der Waals surface area contributed by atoms with Crippen LogP contribution in [0.3, 0.4) is 0 Å². The number of rotatable bonds is 5. The van der Waals surface area contributed by atoms with E-state index in [-0.39, 0.29) is 57.6 Å². The van der Waals surface area contributed by atoms with Gasteiger partial charge < -0.3 is 9.13 Å². The summed E-state index contributed by atoms with van der Waals surface area (Å²) in [7, 11) is 0. The minimum Gasteiger partial charge on any atom is -0.309 e. The van der Waals surface area contributed by atoms with E-state index in [4.69, 9.17) is 2.74 Å². The van der Waals surface area contributed by atoms with Crippen molar-refractivity contribution >= 4 is 75.1 Å². The van der Waals surface area contributed by atoms with E-state index in [9.17, 15) is 6.85 Å². The van der Waals surface area contributed by atoms with E-state index in [1.165, 1.54) is 0 Å². The molecule has 0 aliphatic heterocycles. The van der Waals surface area contributed by atoms with E-state index in [2.05, 4.69) is 83.4 Å². The van der Waals surface area contributed by atoms with Gasteiger partial charge in [0.25, 0.3) is 0 Å². The molecule has 57 heavy (non-hydrogen) atoms. The van der Waals surface area contributed by atoms with Gasteiger partial charge in [-0.05, 0) is 112 Å². The van der Waals surface area contributed by atoms with Crippen LogP contribution in [-0.4, -0.2) is 9.13 Å². The molecule has 0 bridgehead atoms. The van der Waals surface area contributed by atoms with Gasteiger partial charge in [0.1, 0.15) is 0 Å². The van der Waals surface area contributed by atoms with Crippen molar-refractivity contribution in [3.05, 3.63) is 206 Å². The summed E-state index contributed by atoms with van der Waals surface area (Å²) in [4.78, 5) is 0. The second-order valence-corrected chi connectivity index (χ2v) is 15.5. The third-order valence-corrected chi connectivity index (χ3v) is 12.3. The molecule has 3 aromatic heterocycles. The molecular weight excluding hydrogens is 709 g/mol. The van der Waals surface area contributed by atoms with Crippen LogP contribution >= 0.6 is 11.3 Å². The lowest BCUT2D eigenvalue weighted by atomic mass is 9.99. The highest BCUT2D eigenvalue weighted by Crippen LogP contribution is 2.41. The van der Waals surface area contributed by atoms with Crippen LogP contribution in [0.25, 0.3) is 109 Å². The third-order valence-electron chi connectivity index (χ3n) is 11.1. The Balaban J connectivity index is 1.14. The second kappa shape index (κ2) is 12.7. The van der Waals surface area contributed by atoms with Crippen LogP contribution in [0.4, 0.5) is 0 Å². The summed E-state index contributed by atoms with van der Waals surface area (Å²) in [6, 6.07) is 53.6. The number of fused-ring (bicyclic) bond motifs is 9. The monoisotopic (exact) mass is 749 g/mol. The number of para-hydroxylation sites is 1. The lowest BCUT2D eigenvalue weighted by molar-refractivity contribution is 1.18. The maximum absolute atomic E-state index is 9.97. The van der Waals surface area contributed by atoms with Crippen molar-refractivity contribution in [1.29, 1.82) is 0 Å². The van der Waals surface area contributed by atoms with Crippen molar-refractivity contribution in [2.45, 2.75) is 0 Å². The first-order valence-corrected chi connectivity index (χ1v) is 19.8. The summed E-state index contributed by atoms with van der Waals surface area (Å²) in [6.45, 7) is 0. The molecule has 3 heterocycles. The number of aromatic nitrogens is 2. The van der Waals surface area contributed by atoms with Crippen molar-refractivity contribution in [2.24, 2.45) is 0 Å². The van der Waals surface area contributed by atoms with Gasteiger partial charge in [0.2, 0.25) is 0 Å². The number of nitrogens with zero attached hydrogens (tertiary/aromatic N) is 2. The summed E-state index contributed by atoms with van der Waals surface area (Å²) >= 11 is 1.66. The fraction of sp³-hybridized carbons (Fsp3) is 0. The summed E-state index contributed by atoms with van der Waals surface area (Å²) in [5, 5.41) is 4.28. The number of benzene rings is 9. The van der Waals surface area contributed by atoms with Gasteiger partial charge >= 0.3 is 0 Å². The Labute approximate surface area is 343 Å². The zero-order chi connectivity index (χ0) is 43.5. The van der Waals surface area contributed by atoms with Gasteiger partial charge in [-0.15, -0.1) is 11.3 Å². The Kier molecular flexibility index (Phi) is 5.74. The van der Waals surface area contributed by atoms with Crippen LogP contribution in [0, 0.1) is 0 Å². The van der Waals surface area contributed by atoms with Gasteiger partial charge in [-0.25, -0.2) is 0 Å². The second-order valence-electron chi connectivity index (χ2n) is 14.4. The Bertz CT molecular complexity index is 3930. The van der Waals surface area contributed by atoms with E-state index in [1.54, 1.807) is 15.9 Å². The molecule has 0 saturated heterocycles. The fourth-order valence-electron chi connectivity index (χ4n) is 8.49. The predicted molar refractivity (Wildman–Crippen MR) is 244 cm³/mol. The summed E-state index contributed by atoms with van der Waals surface area (Å²) in [6.07, 6.45) is 0. The predicted octanol–water partition coefficient (Wildman–Crippen LogP) is 15.2. The summed E-state index contributed by atoms with van der Waals surface area (Å²) < 4.78 is 71.4. The van der Waals surface area contributed by atoms with Gasteiger partial charge in [0.15, 0.2) is 0 Å². The van der Waals surface area contributed by atoms with Gasteiger partial charge in [-0.1, -0.05) is 127 Å². The lowest BCUT2D eigenvalue weighted by Crippen LogP contribution is -1.94. The minimum atomic E-state index is -0.418. The van der Waals surface area contributed by atoms with Crippen LogP contribution in [0.5, 0.6) is 0 Å². The first-order chi connectivity index (χ1) is 31.2. The van der Waals surface area contributed by atoms with Gasteiger partial charge in [0.05, 0.1) is 31.7 Å². The quantitative estimate of drug-likeness (QED) is 0.166. The molecule has 9 aromatic carbocycles. The van der Waals surface area contributed by atoms with E-state index in [0.717, 1.165) is 69.9 Å². The zero-order valence-corrected chi connectivity index (χ0v) is 31.2. The van der Waals surface area contributed by atoms with Gasteiger partial charge in [-0.2, -0.15) is 0 Å². The van der Waals surface area contributed by atoms with Crippen molar-refractivity contribution in [1.82, 2.24) is 9.13 Å². The fourth-order valence-corrected chi connectivity index (χ4v) is 9.58. The highest BCUT2D eigenvalue weighted by molar-refractivity contribution is 7.25. The SMILES string of the molecule is [2H]c1c([2H])c([2H])c2c(c1[2H])c1c([2H])c(-c3ccc4c(c3)c3cc(-c5ccccc5)ccc3n4-c3cccc(-c4ccccc4)c3)c([2H])c([2H])c1n2-c1ccc2sc3ccccc3c2c1. The normalized spacial score (nSPS) is 13.6. The van der Waals surface area contributed by atoms with Crippen LogP contribution in [0.2, 0.25) is 0 Å². The molecule has 12 rings (SSSR count). The lowest BCUT2D eigenvalue weighted by Gasteiger charge is -2.11. The first kappa shape index (κ1) is 25.8. The molecule has 12 aromatic rings. The number of hydrogen-bond acceptors (Lipinski definition) is 1.